The lowest BCUT2D eigenvalue weighted by atomic mass is 10.2. The van der Waals surface area contributed by atoms with E-state index in [2.05, 4.69) is 39.2 Å². The topological polar surface area (TPSA) is 33.1 Å². The van der Waals surface area contributed by atoms with Crippen LogP contribution in [-0.4, -0.2) is 27.4 Å². The van der Waals surface area contributed by atoms with Gasteiger partial charge in [0.1, 0.15) is 6.17 Å². The Hall–Kier alpha value is -1.45. The van der Waals surface area contributed by atoms with Gasteiger partial charge in [0.25, 0.3) is 0 Å². The molecule has 0 radical (unpaired) electrons. The highest BCUT2D eigenvalue weighted by molar-refractivity contribution is 5.13. The van der Waals surface area contributed by atoms with E-state index < -0.39 is 0 Å². The maximum atomic E-state index is 4.61. The van der Waals surface area contributed by atoms with Gasteiger partial charge in [-0.3, -0.25) is 4.68 Å². The average Bonchev–Trinajstić information content (AvgIpc) is 2.81. The van der Waals surface area contributed by atoms with Crippen molar-refractivity contribution < 1.29 is 0 Å². The smallest absolute Gasteiger partial charge is 0.118 e. The lowest BCUT2D eigenvalue weighted by Gasteiger charge is -2.22. The van der Waals surface area contributed by atoms with Crippen LogP contribution in [0.1, 0.15) is 18.3 Å². The van der Waals surface area contributed by atoms with Gasteiger partial charge in [-0.1, -0.05) is 6.92 Å². The molecule has 0 amide bonds. The molecular formula is C11H16N4. The summed E-state index contributed by atoms with van der Waals surface area (Å²) in [5.41, 5.74) is 2.58. The molecule has 15 heavy (non-hydrogen) atoms. The number of hydrogen-bond acceptors (Lipinski definition) is 3. The van der Waals surface area contributed by atoms with Crippen LogP contribution < -0.4 is 5.32 Å². The van der Waals surface area contributed by atoms with Gasteiger partial charge in [-0.05, 0) is 12.5 Å². The molecule has 0 bridgehead atoms. The quantitative estimate of drug-likeness (QED) is 0.731. The fourth-order valence-electron chi connectivity index (χ4n) is 2.29. The first kappa shape index (κ1) is 8.83. The molecule has 1 aromatic rings. The molecule has 1 aromatic heterocycles. The van der Waals surface area contributed by atoms with Gasteiger partial charge in [0.2, 0.25) is 0 Å². The summed E-state index contributed by atoms with van der Waals surface area (Å²) in [6, 6.07) is 2.24. The van der Waals surface area contributed by atoms with Crippen LogP contribution >= 0.6 is 0 Å². The third-order valence-corrected chi connectivity index (χ3v) is 3.20. The molecule has 1 N–H and O–H groups in total. The average molecular weight is 204 g/mol. The Morgan fingerprint density at radius 1 is 1.60 bits per heavy atom. The second kappa shape index (κ2) is 3.29. The summed E-state index contributed by atoms with van der Waals surface area (Å²) < 4.78 is 2.16. The highest BCUT2D eigenvalue weighted by Crippen LogP contribution is 2.16. The van der Waals surface area contributed by atoms with Gasteiger partial charge < -0.3 is 10.2 Å². The van der Waals surface area contributed by atoms with E-state index in [4.69, 9.17) is 0 Å². The summed E-state index contributed by atoms with van der Waals surface area (Å²) in [6.45, 7) is 4.19. The van der Waals surface area contributed by atoms with E-state index in [0.29, 0.717) is 6.17 Å². The summed E-state index contributed by atoms with van der Waals surface area (Å²) >= 11 is 0. The van der Waals surface area contributed by atoms with E-state index in [1.165, 1.54) is 11.4 Å². The van der Waals surface area contributed by atoms with Crippen LogP contribution in [-0.2, 0) is 19.4 Å². The molecule has 0 aromatic carbocycles. The first-order chi connectivity index (χ1) is 7.36. The first-order valence-corrected chi connectivity index (χ1v) is 5.61. The minimum Gasteiger partial charge on any atom is -0.368 e. The predicted octanol–water partition coefficient (Wildman–Crippen LogP) is 0.704. The minimum absolute atomic E-state index is 0.399. The number of aryl methyl sites for hydroxylation is 1. The lowest BCUT2D eigenvalue weighted by molar-refractivity contribution is 0.264. The number of aromatic nitrogens is 2. The zero-order valence-electron chi connectivity index (χ0n) is 8.98. The molecule has 2 aliphatic rings. The van der Waals surface area contributed by atoms with E-state index in [-0.39, 0.29) is 0 Å². The normalized spacial score (nSPS) is 23.3. The van der Waals surface area contributed by atoms with Crippen molar-refractivity contribution in [2.45, 2.75) is 32.5 Å². The second-order valence-electron chi connectivity index (χ2n) is 4.15. The summed E-state index contributed by atoms with van der Waals surface area (Å²) in [7, 11) is 0. The summed E-state index contributed by atoms with van der Waals surface area (Å²) in [4.78, 5) is 2.35. The number of hydrogen-bond donors (Lipinski definition) is 1. The molecule has 1 atom stereocenters. The molecule has 0 spiro atoms. The highest BCUT2D eigenvalue weighted by atomic mass is 15.4. The second-order valence-corrected chi connectivity index (χ2v) is 4.15. The van der Waals surface area contributed by atoms with E-state index in [9.17, 15) is 0 Å². The summed E-state index contributed by atoms with van der Waals surface area (Å²) in [5, 5.41) is 7.96. The zero-order valence-corrected chi connectivity index (χ0v) is 8.98. The molecule has 0 saturated carbocycles. The van der Waals surface area contributed by atoms with Gasteiger partial charge in [0.05, 0.1) is 12.2 Å². The Morgan fingerprint density at radius 3 is 3.40 bits per heavy atom. The number of fused-ring (bicyclic) bond motifs is 2. The third kappa shape index (κ3) is 1.40. The van der Waals surface area contributed by atoms with Crippen molar-refractivity contribution >= 4 is 0 Å². The largest absolute Gasteiger partial charge is 0.368 e. The van der Waals surface area contributed by atoms with Crippen molar-refractivity contribution in [3.05, 3.63) is 29.9 Å². The van der Waals surface area contributed by atoms with Crippen LogP contribution in [0.2, 0.25) is 0 Å². The number of nitrogens with one attached hydrogen (secondary N) is 1. The zero-order chi connectivity index (χ0) is 10.3. The van der Waals surface area contributed by atoms with Crippen molar-refractivity contribution in [1.29, 1.82) is 0 Å². The van der Waals surface area contributed by atoms with Crippen molar-refractivity contribution in [3.8, 4) is 0 Å². The first-order valence-electron chi connectivity index (χ1n) is 5.61. The van der Waals surface area contributed by atoms with Gasteiger partial charge in [0, 0.05) is 31.1 Å². The van der Waals surface area contributed by atoms with Crippen LogP contribution in [0.5, 0.6) is 0 Å². The fraction of sp³-hybridized carbons (Fsp3) is 0.545. The summed E-state index contributed by atoms with van der Waals surface area (Å²) in [5.74, 6) is 0. The van der Waals surface area contributed by atoms with Crippen LogP contribution in [0.25, 0.3) is 0 Å². The molecule has 0 aliphatic carbocycles. The highest BCUT2D eigenvalue weighted by Gasteiger charge is 2.24. The Bertz CT molecular complexity index is 393. The fourth-order valence-corrected chi connectivity index (χ4v) is 2.29. The Labute approximate surface area is 89.6 Å². The van der Waals surface area contributed by atoms with Crippen LogP contribution in [0.4, 0.5) is 0 Å². The van der Waals surface area contributed by atoms with E-state index in [1.54, 1.807) is 0 Å². The van der Waals surface area contributed by atoms with Gasteiger partial charge in [-0.2, -0.15) is 5.10 Å². The SMILES string of the molecule is CCc1cc2n(n1)CC1NC=CN1CC2. The van der Waals surface area contributed by atoms with E-state index in [1.807, 2.05) is 6.20 Å². The monoisotopic (exact) mass is 204 g/mol. The lowest BCUT2D eigenvalue weighted by Crippen LogP contribution is -2.38. The van der Waals surface area contributed by atoms with E-state index in [0.717, 1.165) is 25.9 Å². The molecule has 1 unspecified atom stereocenters. The third-order valence-electron chi connectivity index (χ3n) is 3.20. The molecule has 0 saturated heterocycles. The van der Waals surface area contributed by atoms with Gasteiger partial charge >= 0.3 is 0 Å². The molecular weight excluding hydrogens is 188 g/mol. The van der Waals surface area contributed by atoms with Gasteiger partial charge in [-0.25, -0.2) is 0 Å². The van der Waals surface area contributed by atoms with Crippen molar-refractivity contribution in [2.75, 3.05) is 6.54 Å². The van der Waals surface area contributed by atoms with Crippen molar-refractivity contribution in [1.82, 2.24) is 20.0 Å². The maximum absolute atomic E-state index is 4.61. The Kier molecular flexibility index (Phi) is 1.94. The molecule has 4 heteroatoms. The molecule has 4 nitrogen and oxygen atoms in total. The van der Waals surface area contributed by atoms with Gasteiger partial charge in [-0.15, -0.1) is 0 Å². The molecule has 3 heterocycles. The van der Waals surface area contributed by atoms with Crippen LogP contribution in [0.15, 0.2) is 18.5 Å². The van der Waals surface area contributed by atoms with E-state index >= 15 is 0 Å². The number of rotatable bonds is 1. The van der Waals surface area contributed by atoms with Crippen molar-refractivity contribution in [2.24, 2.45) is 0 Å². The molecule has 3 rings (SSSR count). The maximum Gasteiger partial charge on any atom is 0.118 e. The van der Waals surface area contributed by atoms with Crippen molar-refractivity contribution in [3.63, 3.8) is 0 Å². The minimum atomic E-state index is 0.399. The number of nitrogens with zero attached hydrogens (tertiary/aromatic N) is 3. The molecule has 2 aliphatic heterocycles. The Morgan fingerprint density at radius 2 is 2.53 bits per heavy atom. The van der Waals surface area contributed by atoms with Gasteiger partial charge in [0.15, 0.2) is 0 Å². The van der Waals surface area contributed by atoms with Crippen LogP contribution in [0, 0.1) is 0 Å². The molecule has 80 valence electrons. The standard InChI is InChI=1S/C11H16N4/c1-2-9-7-10-3-5-14-6-4-12-11(14)8-15(10)13-9/h4,6-7,11-12H,2-3,5,8H2,1H3. The predicted molar refractivity (Wildman–Crippen MR) is 58.1 cm³/mol. The van der Waals surface area contributed by atoms with Crippen LogP contribution in [0.3, 0.4) is 0 Å². The molecule has 0 fully saturated rings. The summed E-state index contributed by atoms with van der Waals surface area (Å²) in [6.07, 6.45) is 6.68. The Balaban J connectivity index is 1.89.